The summed E-state index contributed by atoms with van der Waals surface area (Å²) in [6.07, 6.45) is 3.32. The van der Waals surface area contributed by atoms with E-state index < -0.39 is 60.3 Å². The number of hydrogen-bond donors (Lipinski definition) is 4. The molecule has 0 spiro atoms. The summed E-state index contributed by atoms with van der Waals surface area (Å²) in [5.41, 5.74) is -2.55. The predicted octanol–water partition coefficient (Wildman–Crippen LogP) is 2.10. The summed E-state index contributed by atoms with van der Waals surface area (Å²) in [5, 5.41) is 44.4. The second-order valence-electron chi connectivity index (χ2n) is 12.2. The van der Waals surface area contributed by atoms with Gasteiger partial charge in [-0.15, -0.1) is 0 Å². The molecule has 3 fully saturated rings. The fraction of sp³-hybridized carbons (Fsp3) is 0.800. The van der Waals surface area contributed by atoms with Crippen LogP contribution in [0.25, 0.3) is 0 Å². The van der Waals surface area contributed by atoms with Crippen LogP contribution >= 0.6 is 0 Å². The first kappa shape index (κ1) is 31.1. The highest BCUT2D eigenvalue weighted by Gasteiger charge is 2.63. The van der Waals surface area contributed by atoms with Gasteiger partial charge in [-0.25, -0.2) is 4.79 Å². The molecule has 40 heavy (non-hydrogen) atoms. The van der Waals surface area contributed by atoms with Crippen molar-refractivity contribution in [3.05, 3.63) is 24.3 Å². The van der Waals surface area contributed by atoms with Gasteiger partial charge in [-0.05, 0) is 50.4 Å². The van der Waals surface area contributed by atoms with E-state index in [4.69, 9.17) is 18.9 Å². The minimum atomic E-state index is -2.55. The maximum atomic E-state index is 13.1. The van der Waals surface area contributed by atoms with E-state index in [2.05, 4.69) is 19.9 Å². The highest BCUT2D eigenvalue weighted by Crippen LogP contribution is 2.39. The van der Waals surface area contributed by atoms with Crippen LogP contribution in [-0.2, 0) is 28.5 Å². The van der Waals surface area contributed by atoms with Crippen LogP contribution in [0.3, 0.4) is 0 Å². The van der Waals surface area contributed by atoms with Crippen molar-refractivity contribution in [1.82, 2.24) is 0 Å². The zero-order chi connectivity index (χ0) is 29.0. The molecule has 6 bridgehead atoms. The summed E-state index contributed by atoms with van der Waals surface area (Å²) in [7, 11) is 0. The average Bonchev–Trinajstić information content (AvgIpc) is 3.35. The van der Waals surface area contributed by atoms with E-state index in [1.807, 2.05) is 18.2 Å². The van der Waals surface area contributed by atoms with Crippen molar-refractivity contribution in [1.29, 1.82) is 0 Å². The van der Waals surface area contributed by atoms with Gasteiger partial charge in [-0.2, -0.15) is 0 Å². The first-order valence-corrected chi connectivity index (χ1v) is 14.8. The van der Waals surface area contributed by atoms with Gasteiger partial charge in [0.1, 0.15) is 18.3 Å². The summed E-state index contributed by atoms with van der Waals surface area (Å²) in [6, 6.07) is 0. The molecule has 0 amide bonds. The molecular formula is C30H46O10. The number of aliphatic hydroxyl groups is 4. The van der Waals surface area contributed by atoms with Gasteiger partial charge in [-0.3, -0.25) is 4.79 Å². The quantitative estimate of drug-likeness (QED) is 0.374. The molecule has 0 radical (unpaired) electrons. The Morgan fingerprint density at radius 3 is 2.42 bits per heavy atom. The van der Waals surface area contributed by atoms with E-state index >= 15 is 0 Å². The lowest BCUT2D eigenvalue weighted by atomic mass is 9.83. The van der Waals surface area contributed by atoms with Crippen LogP contribution in [0.15, 0.2) is 24.3 Å². The summed E-state index contributed by atoms with van der Waals surface area (Å²) in [4.78, 5) is 25.7. The molecule has 10 heteroatoms. The van der Waals surface area contributed by atoms with Gasteiger partial charge < -0.3 is 39.4 Å². The number of fused-ring (bicyclic) bond motifs is 6. The first-order chi connectivity index (χ1) is 19.0. The Kier molecular flexibility index (Phi) is 10.5. The van der Waals surface area contributed by atoms with Crippen LogP contribution in [0, 0.1) is 11.8 Å². The zero-order valence-electron chi connectivity index (χ0n) is 23.8. The maximum Gasteiger partial charge on any atom is 0.345 e. The average molecular weight is 567 g/mol. The number of carbonyl (C=O) groups is 2. The Hall–Kier alpha value is -1.82. The molecule has 0 aliphatic carbocycles. The van der Waals surface area contributed by atoms with E-state index in [0.29, 0.717) is 32.1 Å². The van der Waals surface area contributed by atoms with Crippen LogP contribution in [-0.4, -0.2) is 92.9 Å². The Morgan fingerprint density at radius 2 is 1.70 bits per heavy atom. The molecule has 0 aromatic heterocycles. The minimum absolute atomic E-state index is 0.0628. The molecule has 10 nitrogen and oxygen atoms in total. The Balaban J connectivity index is 1.62. The fourth-order valence-electron chi connectivity index (χ4n) is 6.46. The van der Waals surface area contributed by atoms with Gasteiger partial charge in [-0.1, -0.05) is 45.1 Å². The maximum absolute atomic E-state index is 13.1. The number of allylic oxidation sites excluding steroid dienone is 3. The van der Waals surface area contributed by atoms with E-state index in [1.54, 1.807) is 6.92 Å². The molecule has 226 valence electrons. The smallest absolute Gasteiger partial charge is 0.345 e. The molecule has 12 atom stereocenters. The van der Waals surface area contributed by atoms with E-state index in [-0.39, 0.29) is 49.7 Å². The highest BCUT2D eigenvalue weighted by molar-refractivity contribution is 5.84. The van der Waals surface area contributed by atoms with Crippen LogP contribution in [0.2, 0.25) is 0 Å². The molecule has 4 rings (SSSR count). The molecule has 0 aromatic carbocycles. The molecule has 0 unspecified atom stereocenters. The molecule has 4 N–H and O–H groups in total. The lowest BCUT2D eigenvalue weighted by molar-refractivity contribution is -0.194. The highest BCUT2D eigenvalue weighted by atomic mass is 16.6. The largest absolute Gasteiger partial charge is 0.458 e. The number of rotatable bonds is 3. The van der Waals surface area contributed by atoms with Gasteiger partial charge in [0.15, 0.2) is 0 Å². The molecule has 4 heterocycles. The van der Waals surface area contributed by atoms with E-state index in [1.165, 1.54) is 0 Å². The molecule has 3 saturated heterocycles. The summed E-state index contributed by atoms with van der Waals surface area (Å²) in [6.45, 7) is 5.92. The van der Waals surface area contributed by atoms with Crippen molar-refractivity contribution in [2.75, 3.05) is 0 Å². The molecule has 0 saturated carbocycles. The van der Waals surface area contributed by atoms with Crippen LogP contribution in [0.1, 0.15) is 78.6 Å². The van der Waals surface area contributed by atoms with Gasteiger partial charge in [0.05, 0.1) is 36.6 Å². The second kappa shape index (κ2) is 13.4. The third kappa shape index (κ3) is 7.14. The van der Waals surface area contributed by atoms with E-state index in [9.17, 15) is 30.0 Å². The lowest BCUT2D eigenvalue weighted by Gasteiger charge is -2.38. The number of esters is 2. The van der Waals surface area contributed by atoms with Crippen molar-refractivity contribution in [3.8, 4) is 0 Å². The second-order valence-corrected chi connectivity index (χ2v) is 12.2. The number of ether oxygens (including phenoxy) is 4. The van der Waals surface area contributed by atoms with Crippen molar-refractivity contribution < 1.29 is 49.0 Å². The van der Waals surface area contributed by atoms with Gasteiger partial charge in [0.2, 0.25) is 5.60 Å². The standard InChI is InChI=1S/C30H46O10/c1-4-8-27(33)40-26-15-21-14-19(31)13-20(37-21)11-17(2)9-6-5-7-10-23-18(3)12-24(38-23)22(32)16-25-28(34)30(26,36)29(35)39-25/h5-7,9,17-26,28,31-32,34,36H,4,8,10-16H2,1-3H3/b7-5-,9-6+/t17-,18+,19-,20+,21+,22+,23+,24+,25+,26+,28-,30-/m0/s1. The molecule has 4 aliphatic rings. The van der Waals surface area contributed by atoms with Gasteiger partial charge in [0.25, 0.3) is 0 Å². The zero-order valence-corrected chi connectivity index (χ0v) is 23.8. The number of hydrogen-bond acceptors (Lipinski definition) is 10. The fourth-order valence-corrected chi connectivity index (χ4v) is 6.46. The van der Waals surface area contributed by atoms with Crippen LogP contribution in [0.5, 0.6) is 0 Å². The lowest BCUT2D eigenvalue weighted by Crippen LogP contribution is -2.58. The Labute approximate surface area is 236 Å². The monoisotopic (exact) mass is 566 g/mol. The van der Waals surface area contributed by atoms with Crippen molar-refractivity contribution >= 4 is 11.9 Å². The summed E-state index contributed by atoms with van der Waals surface area (Å²) < 4.78 is 23.4. The van der Waals surface area contributed by atoms with Crippen LogP contribution < -0.4 is 0 Å². The SMILES string of the molecule is CCCC(=O)O[C@@H]1C[C@H]2C[C@@H](O)C[C@@H](C[C@@H](C)/C=C/C=C\C[C@H]3O[C@H](C[C@H]3C)[C@H](O)C[C@H]3OC(=O)[C@@]1(O)[C@H]3O)O2. The first-order valence-electron chi connectivity index (χ1n) is 14.8. The third-order valence-corrected chi connectivity index (χ3v) is 8.72. The predicted molar refractivity (Wildman–Crippen MR) is 144 cm³/mol. The van der Waals surface area contributed by atoms with Crippen molar-refractivity contribution in [3.63, 3.8) is 0 Å². The molecular weight excluding hydrogens is 520 g/mol. The van der Waals surface area contributed by atoms with Gasteiger partial charge in [0, 0.05) is 19.3 Å². The van der Waals surface area contributed by atoms with E-state index in [0.717, 1.165) is 0 Å². The number of aliphatic hydroxyl groups excluding tert-OH is 3. The van der Waals surface area contributed by atoms with Crippen molar-refractivity contribution in [2.24, 2.45) is 11.8 Å². The Morgan fingerprint density at radius 1 is 0.975 bits per heavy atom. The topological polar surface area (TPSA) is 152 Å². The molecule has 0 aromatic rings. The third-order valence-electron chi connectivity index (χ3n) is 8.72. The Bertz CT molecular complexity index is 935. The summed E-state index contributed by atoms with van der Waals surface area (Å²) >= 11 is 0. The normalized spacial score (nSPS) is 46.3. The van der Waals surface area contributed by atoms with Crippen LogP contribution in [0.4, 0.5) is 0 Å². The molecule has 4 aliphatic heterocycles. The summed E-state index contributed by atoms with van der Waals surface area (Å²) in [5.74, 6) is -1.40. The van der Waals surface area contributed by atoms with Crippen molar-refractivity contribution in [2.45, 2.75) is 139 Å². The van der Waals surface area contributed by atoms with Gasteiger partial charge >= 0.3 is 11.9 Å². The minimum Gasteiger partial charge on any atom is -0.458 e. The number of carbonyl (C=O) groups excluding carboxylic acids is 2.